The molecule has 1 fully saturated rings. The molecular formula is C22H27N5O3. The van der Waals surface area contributed by atoms with Crippen LogP contribution in [0.2, 0.25) is 0 Å². The molecule has 1 saturated carbocycles. The summed E-state index contributed by atoms with van der Waals surface area (Å²) in [7, 11) is 0. The van der Waals surface area contributed by atoms with Crippen molar-refractivity contribution in [1.82, 2.24) is 14.7 Å². The summed E-state index contributed by atoms with van der Waals surface area (Å²) in [6.07, 6.45) is 5.47. The number of carbonyl (C=O) groups is 2. The number of aromatic nitrogens is 2. The highest BCUT2D eigenvalue weighted by Crippen LogP contribution is 2.35. The normalized spacial score (nSPS) is 18.4. The van der Waals surface area contributed by atoms with Gasteiger partial charge in [0.15, 0.2) is 0 Å². The smallest absolute Gasteiger partial charge is 0.435 e. The van der Waals surface area contributed by atoms with Crippen LogP contribution >= 0.6 is 0 Å². The van der Waals surface area contributed by atoms with Gasteiger partial charge in [-0.3, -0.25) is 4.79 Å². The molecule has 1 atom stereocenters. The van der Waals surface area contributed by atoms with E-state index in [-0.39, 0.29) is 18.0 Å². The number of ether oxygens (including phenoxy) is 1. The minimum Gasteiger partial charge on any atom is -0.442 e. The summed E-state index contributed by atoms with van der Waals surface area (Å²) in [5.41, 5.74) is 9.55. The third-order valence-corrected chi connectivity index (χ3v) is 5.42. The highest BCUT2D eigenvalue weighted by atomic mass is 16.6. The highest BCUT2D eigenvalue weighted by Gasteiger charge is 2.39. The van der Waals surface area contributed by atoms with Gasteiger partial charge in [0.05, 0.1) is 11.4 Å². The van der Waals surface area contributed by atoms with Crippen molar-refractivity contribution < 1.29 is 14.3 Å². The van der Waals surface area contributed by atoms with Gasteiger partial charge in [0, 0.05) is 23.8 Å². The Morgan fingerprint density at radius 3 is 2.67 bits per heavy atom. The van der Waals surface area contributed by atoms with Gasteiger partial charge in [-0.25, -0.2) is 10.3 Å². The standard InChI is InChI=1S/C22H27N5O3/c1-22(2,3)30-21(29)26-13-15-12-18(9-10-19(15)25-26)27(17-7-8-17)20(28)14-5-4-6-16(11-14)24-23/h4-6,11,13,17-18,23H,7-10,12H2,1-3H3. The van der Waals surface area contributed by atoms with Crippen LogP contribution in [-0.2, 0) is 17.6 Å². The van der Waals surface area contributed by atoms with Crippen LogP contribution < -0.4 is 0 Å². The first kappa shape index (κ1) is 20.3. The SMILES string of the molecule is CC(C)(C)OC(=O)n1cc2c(n1)CCC(N(C(=O)c1cccc(N=N)c1)C1CC1)C2. The zero-order valence-electron chi connectivity index (χ0n) is 17.6. The second-order valence-electron chi connectivity index (χ2n) is 9.03. The Hall–Kier alpha value is -3.03. The van der Waals surface area contributed by atoms with Crippen molar-refractivity contribution in [3.8, 4) is 0 Å². The molecule has 1 N–H and O–H groups in total. The maximum Gasteiger partial charge on any atom is 0.435 e. The Morgan fingerprint density at radius 2 is 2.00 bits per heavy atom. The lowest BCUT2D eigenvalue weighted by molar-refractivity contribution is 0.0513. The molecule has 0 spiro atoms. The molecule has 158 valence electrons. The van der Waals surface area contributed by atoms with Crippen molar-refractivity contribution in [2.75, 3.05) is 0 Å². The maximum atomic E-state index is 13.3. The molecule has 0 aliphatic heterocycles. The third kappa shape index (κ3) is 4.27. The lowest BCUT2D eigenvalue weighted by atomic mass is 9.91. The van der Waals surface area contributed by atoms with Gasteiger partial charge in [0.25, 0.3) is 5.91 Å². The molecule has 1 aromatic carbocycles. The van der Waals surface area contributed by atoms with Crippen molar-refractivity contribution in [3.63, 3.8) is 0 Å². The molecule has 2 aromatic rings. The van der Waals surface area contributed by atoms with Gasteiger partial charge in [-0.05, 0) is 76.6 Å². The number of aryl methyl sites for hydroxylation is 1. The minimum atomic E-state index is -0.582. The molecule has 1 unspecified atom stereocenters. The predicted octanol–water partition coefficient (Wildman–Crippen LogP) is 4.49. The number of nitrogens with zero attached hydrogens (tertiary/aromatic N) is 4. The van der Waals surface area contributed by atoms with Gasteiger partial charge >= 0.3 is 6.09 Å². The van der Waals surface area contributed by atoms with E-state index in [4.69, 9.17) is 10.3 Å². The number of amides is 1. The van der Waals surface area contributed by atoms with Crippen LogP contribution in [0.5, 0.6) is 0 Å². The molecule has 1 heterocycles. The van der Waals surface area contributed by atoms with Crippen LogP contribution in [0.3, 0.4) is 0 Å². The van der Waals surface area contributed by atoms with Crippen molar-refractivity contribution in [2.24, 2.45) is 5.11 Å². The first-order chi connectivity index (χ1) is 14.2. The van der Waals surface area contributed by atoms with E-state index in [9.17, 15) is 9.59 Å². The lowest BCUT2D eigenvalue weighted by Crippen LogP contribution is -2.44. The molecule has 0 radical (unpaired) electrons. The number of fused-ring (bicyclic) bond motifs is 1. The first-order valence-corrected chi connectivity index (χ1v) is 10.4. The van der Waals surface area contributed by atoms with E-state index in [2.05, 4.69) is 10.2 Å². The van der Waals surface area contributed by atoms with Crippen molar-refractivity contribution in [2.45, 2.75) is 70.6 Å². The Labute approximate surface area is 175 Å². The fourth-order valence-electron chi connectivity index (χ4n) is 3.97. The van der Waals surface area contributed by atoms with Gasteiger partial charge in [-0.1, -0.05) is 6.07 Å². The van der Waals surface area contributed by atoms with Crippen LogP contribution in [0.4, 0.5) is 10.5 Å². The number of hydrogen-bond acceptors (Lipinski definition) is 6. The number of carbonyl (C=O) groups excluding carboxylic acids is 2. The van der Waals surface area contributed by atoms with Gasteiger partial charge in [0.2, 0.25) is 0 Å². The lowest BCUT2D eigenvalue weighted by Gasteiger charge is -2.34. The number of rotatable bonds is 4. The average Bonchev–Trinajstić information content (AvgIpc) is 3.43. The van der Waals surface area contributed by atoms with Crippen LogP contribution in [0.25, 0.3) is 0 Å². The van der Waals surface area contributed by atoms with Gasteiger partial charge in [-0.2, -0.15) is 14.9 Å². The Balaban J connectivity index is 1.54. The molecule has 0 bridgehead atoms. The molecule has 2 aliphatic carbocycles. The zero-order chi connectivity index (χ0) is 21.5. The van der Waals surface area contributed by atoms with E-state index >= 15 is 0 Å². The number of hydrogen-bond donors (Lipinski definition) is 1. The molecule has 8 heteroatoms. The first-order valence-electron chi connectivity index (χ1n) is 10.4. The molecule has 0 saturated heterocycles. The Bertz CT molecular complexity index is 987. The fraction of sp³-hybridized carbons (Fsp3) is 0.500. The second-order valence-corrected chi connectivity index (χ2v) is 9.03. The van der Waals surface area contributed by atoms with E-state index < -0.39 is 11.7 Å². The highest BCUT2D eigenvalue weighted by molar-refractivity contribution is 5.95. The van der Waals surface area contributed by atoms with E-state index in [1.807, 2.05) is 25.7 Å². The average molecular weight is 409 g/mol. The Kier molecular flexibility index (Phi) is 5.17. The molecule has 1 aromatic heterocycles. The van der Waals surface area contributed by atoms with Crippen molar-refractivity contribution in [3.05, 3.63) is 47.3 Å². The van der Waals surface area contributed by atoms with Crippen LogP contribution in [0, 0.1) is 5.53 Å². The molecule has 8 nitrogen and oxygen atoms in total. The molecule has 4 rings (SSSR count). The molecule has 30 heavy (non-hydrogen) atoms. The molecule has 2 aliphatic rings. The Morgan fingerprint density at radius 1 is 1.23 bits per heavy atom. The topological polar surface area (TPSA) is 101 Å². The van der Waals surface area contributed by atoms with E-state index in [1.165, 1.54) is 4.68 Å². The summed E-state index contributed by atoms with van der Waals surface area (Å²) in [4.78, 5) is 27.7. The van der Waals surface area contributed by atoms with Crippen LogP contribution in [0.15, 0.2) is 35.6 Å². The zero-order valence-corrected chi connectivity index (χ0v) is 17.6. The fourth-order valence-corrected chi connectivity index (χ4v) is 3.97. The number of nitrogens with one attached hydrogen (secondary N) is 1. The minimum absolute atomic E-state index is 0.0176. The van der Waals surface area contributed by atoms with E-state index in [1.54, 1.807) is 30.5 Å². The summed E-state index contributed by atoms with van der Waals surface area (Å²) in [6.45, 7) is 5.48. The van der Waals surface area contributed by atoms with E-state index in [0.717, 1.165) is 30.5 Å². The van der Waals surface area contributed by atoms with E-state index in [0.29, 0.717) is 24.1 Å². The van der Waals surface area contributed by atoms with Gasteiger partial charge in [-0.15, -0.1) is 0 Å². The van der Waals surface area contributed by atoms with Gasteiger partial charge in [0.1, 0.15) is 5.60 Å². The monoisotopic (exact) mass is 409 g/mol. The summed E-state index contributed by atoms with van der Waals surface area (Å²) in [5.74, 6) is -0.0176. The summed E-state index contributed by atoms with van der Waals surface area (Å²) < 4.78 is 6.69. The summed E-state index contributed by atoms with van der Waals surface area (Å²) in [6, 6.07) is 7.23. The summed E-state index contributed by atoms with van der Waals surface area (Å²) in [5, 5.41) is 7.86. The van der Waals surface area contributed by atoms with Crippen molar-refractivity contribution >= 4 is 17.7 Å². The third-order valence-electron chi connectivity index (χ3n) is 5.42. The van der Waals surface area contributed by atoms with Crippen LogP contribution in [-0.4, -0.2) is 44.4 Å². The van der Waals surface area contributed by atoms with Gasteiger partial charge < -0.3 is 9.64 Å². The van der Waals surface area contributed by atoms with Crippen LogP contribution in [0.1, 0.15) is 61.6 Å². The predicted molar refractivity (Wildman–Crippen MR) is 110 cm³/mol. The molecule has 1 amide bonds. The molecular weight excluding hydrogens is 382 g/mol. The second kappa shape index (κ2) is 7.66. The summed E-state index contributed by atoms with van der Waals surface area (Å²) >= 11 is 0. The quantitative estimate of drug-likeness (QED) is 0.752. The van der Waals surface area contributed by atoms with Crippen molar-refractivity contribution in [1.29, 1.82) is 5.53 Å². The number of benzene rings is 1. The maximum absolute atomic E-state index is 13.3. The largest absolute Gasteiger partial charge is 0.442 e.